The predicted molar refractivity (Wildman–Crippen MR) is 7.55 cm³/mol. The first-order valence-electron chi connectivity index (χ1n) is 0.447. The molecule has 0 heterocycles. The molecule has 6 heavy (non-hydrogen) atoms. The van der Waals surface area contributed by atoms with Crippen LogP contribution in [0.2, 0.25) is 0 Å². The number of hydrogen-bond donors (Lipinski definition) is 1. The molecule has 0 aromatic heterocycles. The Labute approximate surface area is 66.9 Å². The zero-order valence-electron chi connectivity index (χ0n) is 2.40. The first kappa shape index (κ1) is 29.1. The van der Waals surface area contributed by atoms with Crippen LogP contribution in [0, 0.1) is 11.5 Å². The summed E-state index contributed by atoms with van der Waals surface area (Å²) >= 11 is 0. The molecule has 43 valence electrons. The van der Waals surface area contributed by atoms with Crippen molar-refractivity contribution >= 4 is 0 Å². The number of nitrogens with zero attached hydrogens (tertiary/aromatic N) is 1. The van der Waals surface area contributed by atoms with E-state index in [-0.39, 0.29) is 50.3 Å². The Morgan fingerprint density at radius 1 is 1.50 bits per heavy atom. The molecular weight excluding hydrogens is 215 g/mol. The average molecular weight is 216 g/mol. The molecule has 0 aliphatic heterocycles. The molecule has 5 heteroatoms. The molecule has 0 unspecified atom stereocenters. The van der Waals surface area contributed by atoms with Crippen LogP contribution in [0.4, 0.5) is 0 Å². The molecule has 0 aliphatic rings. The summed E-state index contributed by atoms with van der Waals surface area (Å²) in [5.74, 6) is 0. The van der Waals surface area contributed by atoms with Crippen LogP contribution < -0.4 is 0 Å². The molecule has 1 N–H and O–H groups in total. The first-order chi connectivity index (χ1) is 1.41. The summed E-state index contributed by atoms with van der Waals surface area (Å²) < 4.78 is 0. The van der Waals surface area contributed by atoms with Crippen LogP contribution in [-0.2, 0) is 50.3 Å². The zero-order chi connectivity index (χ0) is 2.71. The summed E-state index contributed by atoms with van der Waals surface area (Å²) in [5.41, 5.74) is 0. The van der Waals surface area contributed by atoms with Gasteiger partial charge in [-0.3, -0.25) is 0 Å². The van der Waals surface area contributed by atoms with Gasteiger partial charge in [0, 0.05) is 50.3 Å². The standard InChI is InChI=1S/CHNO.Co.Fe.Ni/c2-1-3;;;/h3H;;;. The number of aliphatic hydroxyl groups excluding tert-OH is 1. The average Bonchev–Trinajstić information content (AvgIpc) is 0.918. The molecule has 0 saturated carbocycles. The monoisotopic (exact) mass is 216 g/mol. The number of nitriles is 1. The zero-order valence-corrected chi connectivity index (χ0v) is 5.53. The Kier molecular flexibility index (Phi) is 199. The second-order valence-electron chi connectivity index (χ2n) is 0.100. The van der Waals surface area contributed by atoms with Crippen LogP contribution in [0.1, 0.15) is 0 Å². The molecule has 0 bridgehead atoms. The van der Waals surface area contributed by atoms with E-state index in [4.69, 9.17) is 10.4 Å². The molecule has 2 nitrogen and oxygen atoms in total. The Morgan fingerprint density at radius 3 is 1.50 bits per heavy atom. The maximum Gasteiger partial charge on any atom is 0.283 e. The summed E-state index contributed by atoms with van der Waals surface area (Å²) in [6.07, 6.45) is 0.750. The van der Waals surface area contributed by atoms with Crippen LogP contribution in [0.5, 0.6) is 0 Å². The third-order valence-corrected chi connectivity index (χ3v) is 0. The molecule has 0 rings (SSSR count). The number of hydrogen-bond acceptors (Lipinski definition) is 2. The minimum absolute atomic E-state index is 0. The SMILES string of the molecule is N#CO.[Co].[Fe].[Ni]. The van der Waals surface area contributed by atoms with E-state index in [9.17, 15) is 0 Å². The molecule has 0 fully saturated rings. The molecule has 0 aromatic carbocycles. The molecule has 0 atom stereocenters. The third kappa shape index (κ3) is 107. The van der Waals surface area contributed by atoms with Crippen molar-refractivity contribution < 1.29 is 55.4 Å². The van der Waals surface area contributed by atoms with Gasteiger partial charge in [0.15, 0.2) is 0 Å². The van der Waals surface area contributed by atoms with Gasteiger partial charge in [-0.15, -0.1) is 0 Å². The van der Waals surface area contributed by atoms with E-state index in [1.165, 1.54) is 0 Å². The maximum atomic E-state index is 6.88. The molecular formula is CHCoFeNNiO. The van der Waals surface area contributed by atoms with Gasteiger partial charge in [0.05, 0.1) is 0 Å². The van der Waals surface area contributed by atoms with Gasteiger partial charge >= 0.3 is 0 Å². The van der Waals surface area contributed by atoms with Gasteiger partial charge in [0.1, 0.15) is 0 Å². The molecule has 0 aliphatic carbocycles. The van der Waals surface area contributed by atoms with Crippen LogP contribution in [0.3, 0.4) is 0 Å². The van der Waals surface area contributed by atoms with Crippen molar-refractivity contribution in [1.29, 1.82) is 5.26 Å². The molecule has 0 amide bonds. The van der Waals surface area contributed by atoms with E-state index < -0.39 is 0 Å². The Hall–Kier alpha value is 0.809. The second kappa shape index (κ2) is 41.0. The molecule has 1 radical (unpaired) electrons. The van der Waals surface area contributed by atoms with Crippen molar-refractivity contribution in [3.05, 3.63) is 0 Å². The van der Waals surface area contributed by atoms with Gasteiger partial charge in [-0.1, -0.05) is 0 Å². The molecule has 0 aromatic rings. The number of aliphatic hydroxyl groups is 1. The second-order valence-corrected chi connectivity index (χ2v) is 0.100. The number of rotatable bonds is 0. The van der Waals surface area contributed by atoms with Gasteiger partial charge < -0.3 is 5.11 Å². The Morgan fingerprint density at radius 2 is 1.50 bits per heavy atom. The molecule has 0 saturated heterocycles. The fourth-order valence-electron chi connectivity index (χ4n) is 0. The predicted octanol–water partition coefficient (Wildman–Crippen LogP) is -0.168. The van der Waals surface area contributed by atoms with E-state index in [0.717, 1.165) is 6.26 Å². The van der Waals surface area contributed by atoms with Crippen molar-refractivity contribution in [3.63, 3.8) is 0 Å². The summed E-state index contributed by atoms with van der Waals surface area (Å²) in [6, 6.07) is 0. The largest absolute Gasteiger partial charge is 0.443 e. The van der Waals surface area contributed by atoms with Gasteiger partial charge in [0.2, 0.25) is 0 Å². The van der Waals surface area contributed by atoms with Crippen molar-refractivity contribution in [2.45, 2.75) is 0 Å². The van der Waals surface area contributed by atoms with Gasteiger partial charge in [-0.25, -0.2) is 0 Å². The minimum Gasteiger partial charge on any atom is -0.443 e. The van der Waals surface area contributed by atoms with Gasteiger partial charge in [0.25, 0.3) is 6.26 Å². The Balaban J connectivity index is -0.00000000667. The fraction of sp³-hybridized carbons (Fsp3) is 0. The van der Waals surface area contributed by atoms with Crippen molar-refractivity contribution in [3.8, 4) is 6.26 Å². The topological polar surface area (TPSA) is 44.0 Å². The Bertz CT molecular complexity index is 37.0. The van der Waals surface area contributed by atoms with Crippen molar-refractivity contribution in [2.24, 2.45) is 0 Å². The third-order valence-electron chi connectivity index (χ3n) is 0. The van der Waals surface area contributed by atoms with Crippen LogP contribution in [0.25, 0.3) is 0 Å². The normalized spacial score (nSPS) is 1.17. The van der Waals surface area contributed by atoms with Crippen molar-refractivity contribution in [2.75, 3.05) is 0 Å². The van der Waals surface area contributed by atoms with E-state index >= 15 is 0 Å². The quantitative estimate of drug-likeness (QED) is 0.451. The van der Waals surface area contributed by atoms with Gasteiger partial charge in [-0.05, 0) is 0 Å². The van der Waals surface area contributed by atoms with E-state index in [1.807, 2.05) is 0 Å². The summed E-state index contributed by atoms with van der Waals surface area (Å²) in [7, 11) is 0. The fourth-order valence-corrected chi connectivity index (χ4v) is 0. The maximum absolute atomic E-state index is 6.88. The summed E-state index contributed by atoms with van der Waals surface area (Å²) in [5, 5.41) is 13.8. The van der Waals surface area contributed by atoms with Crippen molar-refractivity contribution in [1.82, 2.24) is 0 Å². The minimum atomic E-state index is 0. The van der Waals surface area contributed by atoms with Crippen LogP contribution in [-0.4, -0.2) is 5.11 Å². The van der Waals surface area contributed by atoms with E-state index in [1.54, 1.807) is 0 Å². The van der Waals surface area contributed by atoms with Crippen LogP contribution >= 0.6 is 0 Å². The van der Waals surface area contributed by atoms with E-state index in [2.05, 4.69) is 0 Å². The smallest absolute Gasteiger partial charge is 0.283 e. The van der Waals surface area contributed by atoms with Crippen LogP contribution in [0.15, 0.2) is 0 Å². The molecule has 0 spiro atoms. The first-order valence-corrected chi connectivity index (χ1v) is 0.447. The van der Waals surface area contributed by atoms with Gasteiger partial charge in [-0.2, -0.15) is 5.26 Å². The summed E-state index contributed by atoms with van der Waals surface area (Å²) in [6.45, 7) is 0. The van der Waals surface area contributed by atoms with E-state index in [0.29, 0.717) is 0 Å². The summed E-state index contributed by atoms with van der Waals surface area (Å²) in [4.78, 5) is 0.